The Morgan fingerprint density at radius 2 is 1.83 bits per heavy atom. The fourth-order valence-corrected chi connectivity index (χ4v) is 3.15. The zero-order valence-electron chi connectivity index (χ0n) is 15.8. The van der Waals surface area contributed by atoms with Crippen molar-refractivity contribution in [2.75, 3.05) is 18.6 Å². The first-order valence-corrected chi connectivity index (χ1v) is 9.39. The topological polar surface area (TPSA) is 84.9 Å². The van der Waals surface area contributed by atoms with E-state index in [1.54, 1.807) is 12.1 Å². The number of barbiturate groups is 1. The van der Waals surface area contributed by atoms with Gasteiger partial charge in [-0.2, -0.15) is 0 Å². The first-order valence-electron chi connectivity index (χ1n) is 8.64. The van der Waals surface area contributed by atoms with Gasteiger partial charge in [0, 0.05) is 5.02 Å². The lowest BCUT2D eigenvalue weighted by Crippen LogP contribution is -2.54. The van der Waals surface area contributed by atoms with Gasteiger partial charge >= 0.3 is 6.03 Å². The minimum absolute atomic E-state index is 0.218. The van der Waals surface area contributed by atoms with Crippen LogP contribution in [0.4, 0.5) is 10.5 Å². The number of nitrogens with zero attached hydrogens (tertiary/aromatic N) is 1. The highest BCUT2D eigenvalue weighted by Gasteiger charge is 2.36. The van der Waals surface area contributed by atoms with E-state index in [4.69, 9.17) is 32.7 Å². The molecule has 1 saturated heterocycles. The van der Waals surface area contributed by atoms with Gasteiger partial charge in [-0.15, -0.1) is 0 Å². The van der Waals surface area contributed by atoms with Crippen molar-refractivity contribution in [2.45, 2.75) is 0 Å². The summed E-state index contributed by atoms with van der Waals surface area (Å²) in [6.07, 6.45) is 2.87. The zero-order chi connectivity index (χ0) is 21.8. The minimum atomic E-state index is -0.853. The number of rotatable bonds is 6. The maximum Gasteiger partial charge on any atom is 0.335 e. The molecule has 1 fully saturated rings. The molecule has 2 aromatic carbocycles. The number of halogens is 2. The third kappa shape index (κ3) is 4.32. The molecule has 0 aromatic heterocycles. The molecule has 7 nitrogen and oxygen atoms in total. The maximum absolute atomic E-state index is 12.9. The molecule has 0 atom stereocenters. The van der Waals surface area contributed by atoms with Crippen LogP contribution in [0.2, 0.25) is 10.0 Å². The van der Waals surface area contributed by atoms with Gasteiger partial charge in [-0.3, -0.25) is 14.9 Å². The number of anilines is 1. The molecule has 4 amide bonds. The molecule has 3 rings (SSSR count). The van der Waals surface area contributed by atoms with Crippen molar-refractivity contribution >= 4 is 52.8 Å². The summed E-state index contributed by atoms with van der Waals surface area (Å²) in [5.41, 5.74) is 0.429. The van der Waals surface area contributed by atoms with E-state index in [0.29, 0.717) is 22.1 Å². The Kier molecular flexibility index (Phi) is 6.44. The van der Waals surface area contributed by atoms with E-state index in [1.807, 2.05) is 0 Å². The number of benzene rings is 2. The van der Waals surface area contributed by atoms with Crippen LogP contribution in [0.1, 0.15) is 5.56 Å². The number of amides is 4. The molecule has 30 heavy (non-hydrogen) atoms. The molecular weight excluding hydrogens is 431 g/mol. The first kappa shape index (κ1) is 21.4. The second-order valence-corrected chi connectivity index (χ2v) is 6.91. The summed E-state index contributed by atoms with van der Waals surface area (Å²) in [5, 5.41) is 2.81. The van der Waals surface area contributed by atoms with E-state index >= 15 is 0 Å². The van der Waals surface area contributed by atoms with Crippen molar-refractivity contribution in [3.8, 4) is 11.5 Å². The predicted molar refractivity (Wildman–Crippen MR) is 114 cm³/mol. The van der Waals surface area contributed by atoms with Crippen LogP contribution in [-0.2, 0) is 9.59 Å². The highest BCUT2D eigenvalue weighted by atomic mass is 35.5. The van der Waals surface area contributed by atoms with E-state index < -0.39 is 17.8 Å². The number of ether oxygens (including phenoxy) is 2. The van der Waals surface area contributed by atoms with Gasteiger partial charge in [0.1, 0.15) is 12.2 Å². The smallest absolute Gasteiger partial charge is 0.335 e. The van der Waals surface area contributed by atoms with E-state index in [1.165, 1.54) is 43.5 Å². The third-order valence-corrected chi connectivity index (χ3v) is 4.63. The fraction of sp³-hybridized carbons (Fsp3) is 0.0952. The minimum Gasteiger partial charge on any atom is -0.493 e. The van der Waals surface area contributed by atoms with Gasteiger partial charge in [-0.1, -0.05) is 35.9 Å². The summed E-state index contributed by atoms with van der Waals surface area (Å²) in [7, 11) is 1.43. The molecule has 1 aliphatic heterocycles. The molecule has 0 bridgehead atoms. The lowest BCUT2D eigenvalue weighted by atomic mass is 10.1. The monoisotopic (exact) mass is 446 g/mol. The van der Waals surface area contributed by atoms with E-state index in [9.17, 15) is 14.4 Å². The van der Waals surface area contributed by atoms with E-state index in [-0.39, 0.29) is 22.9 Å². The van der Waals surface area contributed by atoms with Crippen molar-refractivity contribution in [1.82, 2.24) is 5.32 Å². The highest BCUT2D eigenvalue weighted by Crippen LogP contribution is 2.37. The number of carbonyl (C=O) groups is 3. The number of hydrogen-bond acceptors (Lipinski definition) is 5. The maximum atomic E-state index is 12.9. The molecule has 1 N–H and O–H groups in total. The van der Waals surface area contributed by atoms with Gasteiger partial charge in [0.25, 0.3) is 11.8 Å². The number of urea groups is 1. The van der Waals surface area contributed by atoms with Gasteiger partial charge in [0.15, 0.2) is 11.5 Å². The van der Waals surface area contributed by atoms with Crippen molar-refractivity contribution in [3.63, 3.8) is 0 Å². The van der Waals surface area contributed by atoms with Crippen LogP contribution in [0.25, 0.3) is 6.08 Å². The van der Waals surface area contributed by atoms with E-state index in [0.717, 1.165) is 4.90 Å². The van der Waals surface area contributed by atoms with Crippen LogP contribution < -0.4 is 19.7 Å². The van der Waals surface area contributed by atoms with Crippen LogP contribution in [-0.4, -0.2) is 31.6 Å². The van der Waals surface area contributed by atoms with Crippen LogP contribution in [0, 0.1) is 0 Å². The summed E-state index contributed by atoms with van der Waals surface area (Å²) >= 11 is 12.1. The van der Waals surface area contributed by atoms with Crippen molar-refractivity contribution in [2.24, 2.45) is 0 Å². The SMILES string of the molecule is C=CCOc1c(Cl)cc(/C=C2/C(=O)NC(=O)N(c3ccc(Cl)cc3)C2=O)cc1OC. The normalized spacial score (nSPS) is 15.2. The van der Waals surface area contributed by atoms with Crippen LogP contribution in [0.15, 0.2) is 54.6 Å². The summed E-state index contributed by atoms with van der Waals surface area (Å²) in [6.45, 7) is 3.79. The number of hydrogen-bond donors (Lipinski definition) is 1. The summed E-state index contributed by atoms with van der Waals surface area (Å²) < 4.78 is 10.8. The average molecular weight is 447 g/mol. The molecule has 0 radical (unpaired) electrons. The van der Waals surface area contributed by atoms with Gasteiger partial charge in [0.05, 0.1) is 17.8 Å². The van der Waals surface area contributed by atoms with E-state index in [2.05, 4.69) is 11.9 Å². The Labute approximate surface area is 182 Å². The molecule has 1 aliphatic rings. The second-order valence-electron chi connectivity index (χ2n) is 6.07. The lowest BCUT2D eigenvalue weighted by molar-refractivity contribution is -0.122. The Morgan fingerprint density at radius 3 is 2.47 bits per heavy atom. The molecule has 0 unspecified atom stereocenters. The summed E-state index contributed by atoms with van der Waals surface area (Å²) in [6, 6.07) is 8.28. The summed E-state index contributed by atoms with van der Waals surface area (Å²) in [5.74, 6) is -0.991. The number of carbonyl (C=O) groups excluding carboxylic acids is 3. The Hall–Kier alpha value is -3.29. The Bertz CT molecular complexity index is 1060. The van der Waals surface area contributed by atoms with Gasteiger partial charge in [-0.05, 0) is 48.0 Å². The molecule has 1 heterocycles. The molecule has 0 aliphatic carbocycles. The van der Waals surface area contributed by atoms with Gasteiger partial charge in [0.2, 0.25) is 0 Å². The van der Waals surface area contributed by atoms with Crippen LogP contribution in [0.3, 0.4) is 0 Å². The number of imide groups is 2. The Morgan fingerprint density at radius 1 is 1.13 bits per heavy atom. The zero-order valence-corrected chi connectivity index (χ0v) is 17.3. The largest absolute Gasteiger partial charge is 0.493 e. The molecule has 0 saturated carbocycles. The van der Waals surface area contributed by atoms with Crippen molar-refractivity contribution < 1.29 is 23.9 Å². The van der Waals surface area contributed by atoms with Gasteiger partial charge in [-0.25, -0.2) is 9.69 Å². The van der Waals surface area contributed by atoms with Crippen molar-refractivity contribution in [1.29, 1.82) is 0 Å². The Balaban J connectivity index is 2.01. The molecular formula is C21H16Cl2N2O5. The molecule has 2 aromatic rings. The standard InChI is InChI=1S/C21H16Cl2N2O5/c1-3-8-30-18-16(23)10-12(11-17(18)29-2)9-15-19(26)24-21(28)25(20(15)27)14-6-4-13(22)5-7-14/h3-7,9-11H,1,8H2,2H3,(H,24,26,28)/b15-9-. The highest BCUT2D eigenvalue weighted by molar-refractivity contribution is 6.39. The lowest BCUT2D eigenvalue weighted by Gasteiger charge is -2.26. The predicted octanol–water partition coefficient (Wildman–Crippen LogP) is 4.23. The third-order valence-electron chi connectivity index (χ3n) is 4.09. The van der Waals surface area contributed by atoms with Crippen molar-refractivity contribution in [3.05, 3.63) is 70.2 Å². The van der Waals surface area contributed by atoms with Gasteiger partial charge < -0.3 is 9.47 Å². The van der Waals surface area contributed by atoms with Crippen LogP contribution in [0.5, 0.6) is 11.5 Å². The average Bonchev–Trinajstić information content (AvgIpc) is 2.71. The quantitative estimate of drug-likeness (QED) is 0.407. The fourth-order valence-electron chi connectivity index (χ4n) is 2.75. The molecule has 0 spiro atoms. The number of nitrogens with one attached hydrogen (secondary N) is 1. The molecule has 154 valence electrons. The summed E-state index contributed by atoms with van der Waals surface area (Å²) in [4.78, 5) is 38.4. The molecule has 9 heteroatoms. The first-order chi connectivity index (χ1) is 14.3. The second kappa shape index (κ2) is 9.02. The number of methoxy groups -OCH3 is 1. The van der Waals surface area contributed by atoms with Crippen LogP contribution >= 0.6 is 23.2 Å².